The van der Waals surface area contributed by atoms with E-state index in [9.17, 15) is 9.90 Å². The molecule has 0 aromatic heterocycles. The first-order chi connectivity index (χ1) is 15.5. The highest BCUT2D eigenvalue weighted by Crippen LogP contribution is 2.16. The Hall–Kier alpha value is -2.61. The van der Waals surface area contributed by atoms with Gasteiger partial charge in [-0.25, -0.2) is 4.79 Å². The van der Waals surface area contributed by atoms with Crippen molar-refractivity contribution in [2.75, 3.05) is 57.4 Å². The lowest BCUT2D eigenvalue weighted by atomic mass is 10.2. The first kappa shape index (κ1) is 24.0. The molecule has 0 saturated carbocycles. The largest absolute Gasteiger partial charge is 0.491 e. The molecule has 7 nitrogen and oxygen atoms in total. The van der Waals surface area contributed by atoms with Gasteiger partial charge in [0.05, 0.1) is 18.3 Å². The number of β-amino-alcohol motifs (C(OH)–C–C–N with tert-alkyl or cyclic N) is 1. The topological polar surface area (TPSA) is 71.5 Å². The summed E-state index contributed by atoms with van der Waals surface area (Å²) in [6, 6.07) is 17.1. The minimum absolute atomic E-state index is 0.0253. The third-order valence-electron chi connectivity index (χ3n) is 5.26. The van der Waals surface area contributed by atoms with Crippen molar-refractivity contribution in [3.8, 4) is 5.75 Å². The van der Waals surface area contributed by atoms with E-state index in [1.807, 2.05) is 32.0 Å². The van der Waals surface area contributed by atoms with E-state index in [0.717, 1.165) is 26.2 Å². The molecule has 7 heteroatoms. The molecule has 0 aliphatic carbocycles. The zero-order valence-electron chi connectivity index (χ0n) is 19.0. The van der Waals surface area contributed by atoms with Crippen molar-refractivity contribution < 1.29 is 24.1 Å². The molecule has 1 aliphatic heterocycles. The first-order valence-corrected chi connectivity index (χ1v) is 11.2. The lowest BCUT2D eigenvalue weighted by molar-refractivity contribution is 0.0151. The average Bonchev–Trinajstić information content (AvgIpc) is 2.81. The third kappa shape index (κ3) is 7.82. The molecule has 2 aromatic carbocycles. The highest BCUT2D eigenvalue weighted by Gasteiger charge is 2.20. The molecule has 1 saturated heterocycles. The van der Waals surface area contributed by atoms with Crippen LogP contribution in [0.15, 0.2) is 54.6 Å². The molecule has 0 amide bonds. The van der Waals surface area contributed by atoms with E-state index >= 15 is 0 Å². The normalized spacial score (nSPS) is 15.6. The molecule has 174 valence electrons. The Morgan fingerprint density at radius 2 is 1.66 bits per heavy atom. The number of carbonyl (C=O) groups excluding carboxylic acids is 1. The van der Waals surface area contributed by atoms with Gasteiger partial charge in [-0.05, 0) is 50.2 Å². The molecule has 1 N–H and O–H groups in total. The van der Waals surface area contributed by atoms with Gasteiger partial charge >= 0.3 is 5.97 Å². The van der Waals surface area contributed by atoms with Crippen LogP contribution in [0.1, 0.15) is 24.2 Å². The summed E-state index contributed by atoms with van der Waals surface area (Å²) in [5.74, 6) is 0.219. The van der Waals surface area contributed by atoms with Gasteiger partial charge in [0.1, 0.15) is 25.1 Å². The van der Waals surface area contributed by atoms with E-state index in [2.05, 4.69) is 21.9 Å². The van der Waals surface area contributed by atoms with Crippen LogP contribution in [0, 0.1) is 0 Å². The quantitative estimate of drug-likeness (QED) is 0.424. The number of nitrogens with zero attached hydrogens (tertiary/aromatic N) is 2. The zero-order chi connectivity index (χ0) is 22.8. The Morgan fingerprint density at radius 3 is 2.31 bits per heavy atom. The number of carbonyl (C=O) groups is 1. The molecule has 1 aliphatic rings. The van der Waals surface area contributed by atoms with Gasteiger partial charge in [-0.15, -0.1) is 0 Å². The van der Waals surface area contributed by atoms with Crippen LogP contribution in [-0.4, -0.2) is 80.7 Å². The van der Waals surface area contributed by atoms with Crippen LogP contribution in [-0.2, 0) is 9.47 Å². The Kier molecular flexibility index (Phi) is 9.34. The average molecular weight is 443 g/mol. The molecule has 3 rings (SSSR count). The summed E-state index contributed by atoms with van der Waals surface area (Å²) in [6.07, 6.45) is -0.546. The number of benzene rings is 2. The van der Waals surface area contributed by atoms with Crippen molar-refractivity contribution in [2.45, 2.75) is 26.1 Å². The van der Waals surface area contributed by atoms with Gasteiger partial charge in [0.25, 0.3) is 0 Å². The second-order valence-corrected chi connectivity index (χ2v) is 8.17. The number of ether oxygens (including phenoxy) is 3. The molecule has 0 bridgehead atoms. The summed E-state index contributed by atoms with van der Waals surface area (Å²) in [4.78, 5) is 16.8. The summed E-state index contributed by atoms with van der Waals surface area (Å²) in [6.45, 7) is 8.93. The number of piperazine rings is 1. The lowest BCUT2D eigenvalue weighted by Crippen LogP contribution is -2.49. The fraction of sp³-hybridized carbons (Fsp3) is 0.480. The zero-order valence-corrected chi connectivity index (χ0v) is 19.0. The molecule has 1 atom stereocenters. The van der Waals surface area contributed by atoms with E-state index in [-0.39, 0.29) is 12.7 Å². The van der Waals surface area contributed by atoms with Crippen molar-refractivity contribution in [2.24, 2.45) is 0 Å². The second kappa shape index (κ2) is 12.4. The fourth-order valence-corrected chi connectivity index (χ4v) is 3.56. The number of esters is 1. The number of aliphatic hydroxyl groups excluding tert-OH is 1. The molecule has 2 aromatic rings. The number of aliphatic hydroxyl groups is 1. The maximum atomic E-state index is 12.3. The minimum Gasteiger partial charge on any atom is -0.491 e. The van der Waals surface area contributed by atoms with Gasteiger partial charge in [-0.1, -0.05) is 18.2 Å². The number of anilines is 1. The maximum Gasteiger partial charge on any atom is 0.338 e. The molecule has 1 unspecified atom stereocenters. The fourth-order valence-electron chi connectivity index (χ4n) is 3.56. The Bertz CT molecular complexity index is 805. The monoisotopic (exact) mass is 442 g/mol. The molecular formula is C25H34N2O5. The molecule has 0 spiro atoms. The summed E-state index contributed by atoms with van der Waals surface area (Å²) in [7, 11) is 0. The number of rotatable bonds is 11. The van der Waals surface area contributed by atoms with Crippen LogP contribution in [0.25, 0.3) is 0 Å². The predicted molar refractivity (Wildman–Crippen MR) is 124 cm³/mol. The van der Waals surface area contributed by atoms with Crippen LogP contribution < -0.4 is 9.64 Å². The Labute approximate surface area is 190 Å². The summed E-state index contributed by atoms with van der Waals surface area (Å²) >= 11 is 0. The Balaban J connectivity index is 1.34. The van der Waals surface area contributed by atoms with Crippen LogP contribution in [0.3, 0.4) is 0 Å². The van der Waals surface area contributed by atoms with Crippen LogP contribution in [0.5, 0.6) is 5.75 Å². The van der Waals surface area contributed by atoms with Gasteiger partial charge < -0.3 is 24.2 Å². The molecule has 1 fully saturated rings. The third-order valence-corrected chi connectivity index (χ3v) is 5.26. The number of hydrogen-bond donors (Lipinski definition) is 1. The maximum absolute atomic E-state index is 12.3. The van der Waals surface area contributed by atoms with E-state index < -0.39 is 12.1 Å². The van der Waals surface area contributed by atoms with Crippen LogP contribution in [0.4, 0.5) is 5.69 Å². The highest BCUT2D eigenvalue weighted by molar-refractivity contribution is 5.89. The van der Waals surface area contributed by atoms with E-state index in [0.29, 0.717) is 31.1 Å². The van der Waals surface area contributed by atoms with Gasteiger partial charge in [-0.2, -0.15) is 0 Å². The van der Waals surface area contributed by atoms with E-state index in [1.54, 1.807) is 24.3 Å². The molecule has 0 radical (unpaired) electrons. The predicted octanol–water partition coefficient (Wildman–Crippen LogP) is 2.83. The van der Waals surface area contributed by atoms with Crippen molar-refractivity contribution in [1.29, 1.82) is 0 Å². The highest BCUT2D eigenvalue weighted by atomic mass is 16.5. The summed E-state index contributed by atoms with van der Waals surface area (Å²) in [5, 5.41) is 10.3. The lowest BCUT2D eigenvalue weighted by Gasteiger charge is -2.36. The van der Waals surface area contributed by atoms with Crippen LogP contribution in [0.2, 0.25) is 0 Å². The van der Waals surface area contributed by atoms with Crippen molar-refractivity contribution in [3.63, 3.8) is 0 Å². The second-order valence-electron chi connectivity index (χ2n) is 8.17. The minimum atomic E-state index is -0.717. The van der Waals surface area contributed by atoms with Gasteiger partial charge in [0, 0.05) is 38.4 Å². The molecular weight excluding hydrogens is 408 g/mol. The number of para-hydroxylation sites is 1. The summed E-state index contributed by atoms with van der Waals surface area (Å²) in [5.41, 5.74) is 1.65. The van der Waals surface area contributed by atoms with E-state index in [4.69, 9.17) is 14.2 Å². The van der Waals surface area contributed by atoms with Crippen molar-refractivity contribution in [1.82, 2.24) is 4.90 Å². The molecule has 32 heavy (non-hydrogen) atoms. The van der Waals surface area contributed by atoms with Gasteiger partial charge in [-0.3, -0.25) is 4.90 Å². The smallest absolute Gasteiger partial charge is 0.338 e. The molecule has 1 heterocycles. The summed E-state index contributed by atoms with van der Waals surface area (Å²) < 4.78 is 16.3. The van der Waals surface area contributed by atoms with Crippen molar-refractivity contribution >= 4 is 11.7 Å². The van der Waals surface area contributed by atoms with Gasteiger partial charge in [0.2, 0.25) is 0 Å². The SMILES string of the molecule is CC(C)OCCOc1ccc(C(=O)OCC(O)CN2CCN(c3ccccc3)CC2)cc1. The number of hydrogen-bond acceptors (Lipinski definition) is 7. The van der Waals surface area contributed by atoms with Crippen molar-refractivity contribution in [3.05, 3.63) is 60.2 Å². The first-order valence-electron chi connectivity index (χ1n) is 11.2. The van der Waals surface area contributed by atoms with Crippen LogP contribution >= 0.6 is 0 Å². The van der Waals surface area contributed by atoms with Gasteiger partial charge in [0.15, 0.2) is 0 Å². The van der Waals surface area contributed by atoms with E-state index in [1.165, 1.54) is 5.69 Å². The standard InChI is InChI=1S/C25H34N2O5/c1-20(2)30-16-17-31-24-10-8-21(9-11-24)25(29)32-19-23(28)18-26-12-14-27(15-13-26)22-6-4-3-5-7-22/h3-11,20,23,28H,12-19H2,1-2H3. The Morgan fingerprint density at radius 1 is 0.969 bits per heavy atom.